The third kappa shape index (κ3) is 2.04. The number of hydrogen-bond donors (Lipinski definition) is 1. The standard InChI is InChI=1S/C17H19NO3/c19-14(20)7-10-8-18(9-10)17(21)16-13-6-5-11-3-1-2-4-12(11)15(13)16/h1-4,10,13,15-16H,5-9H2,(H,19,20). The number of hydrogen-bond acceptors (Lipinski definition) is 2. The fraction of sp³-hybridized carbons (Fsp3) is 0.529. The Hall–Kier alpha value is -1.84. The predicted octanol–water partition coefficient (Wildman–Crippen LogP) is 1.90. The van der Waals surface area contributed by atoms with Crippen LogP contribution in [-0.4, -0.2) is 35.0 Å². The number of carbonyl (C=O) groups excluding carboxylic acids is 1. The number of aryl methyl sites for hydroxylation is 1. The Morgan fingerprint density at radius 3 is 2.76 bits per heavy atom. The smallest absolute Gasteiger partial charge is 0.303 e. The quantitative estimate of drug-likeness (QED) is 0.922. The molecule has 1 saturated carbocycles. The molecule has 2 aliphatic carbocycles. The Kier molecular flexibility index (Phi) is 2.81. The maximum atomic E-state index is 12.6. The number of carboxylic acid groups (broad SMARTS) is 1. The van der Waals surface area contributed by atoms with E-state index in [1.165, 1.54) is 11.1 Å². The second-order valence-corrected chi connectivity index (χ2v) is 6.66. The zero-order chi connectivity index (χ0) is 14.6. The van der Waals surface area contributed by atoms with Crippen molar-refractivity contribution in [2.75, 3.05) is 13.1 Å². The number of rotatable bonds is 3. The maximum absolute atomic E-state index is 12.6. The second-order valence-electron chi connectivity index (χ2n) is 6.66. The fourth-order valence-corrected chi connectivity index (χ4v) is 4.24. The first kappa shape index (κ1) is 12.9. The molecule has 0 bridgehead atoms. The summed E-state index contributed by atoms with van der Waals surface area (Å²) in [6.45, 7) is 1.26. The summed E-state index contributed by atoms with van der Waals surface area (Å²) in [6.07, 6.45) is 2.39. The number of likely N-dealkylation sites (tertiary alicyclic amines) is 1. The molecular formula is C17H19NO3. The molecule has 0 radical (unpaired) electrons. The lowest BCUT2D eigenvalue weighted by atomic mass is 9.92. The van der Waals surface area contributed by atoms with E-state index in [2.05, 4.69) is 24.3 Å². The maximum Gasteiger partial charge on any atom is 0.303 e. The fourth-order valence-electron chi connectivity index (χ4n) is 4.24. The molecule has 3 aliphatic rings. The normalized spacial score (nSPS) is 30.1. The molecule has 4 nitrogen and oxygen atoms in total. The van der Waals surface area contributed by atoms with Crippen LogP contribution < -0.4 is 0 Å². The zero-order valence-electron chi connectivity index (χ0n) is 11.9. The molecule has 21 heavy (non-hydrogen) atoms. The van der Waals surface area contributed by atoms with Gasteiger partial charge in [-0.2, -0.15) is 0 Å². The highest BCUT2D eigenvalue weighted by Crippen LogP contribution is 2.60. The minimum atomic E-state index is -0.763. The van der Waals surface area contributed by atoms with Gasteiger partial charge in [0.25, 0.3) is 0 Å². The van der Waals surface area contributed by atoms with Crippen LogP contribution in [0.15, 0.2) is 24.3 Å². The average molecular weight is 285 g/mol. The lowest BCUT2D eigenvalue weighted by Gasteiger charge is -2.39. The van der Waals surface area contributed by atoms with E-state index < -0.39 is 5.97 Å². The minimum absolute atomic E-state index is 0.152. The summed E-state index contributed by atoms with van der Waals surface area (Å²) in [5.74, 6) is 0.732. The summed E-state index contributed by atoms with van der Waals surface area (Å²) >= 11 is 0. The molecule has 3 atom stereocenters. The van der Waals surface area contributed by atoms with Crippen LogP contribution in [0.4, 0.5) is 0 Å². The van der Waals surface area contributed by atoms with Gasteiger partial charge in [0.05, 0.1) is 6.42 Å². The van der Waals surface area contributed by atoms with Gasteiger partial charge in [-0.05, 0) is 35.8 Å². The summed E-state index contributed by atoms with van der Waals surface area (Å²) in [4.78, 5) is 25.1. The molecular weight excluding hydrogens is 266 g/mol. The largest absolute Gasteiger partial charge is 0.481 e. The van der Waals surface area contributed by atoms with E-state index in [4.69, 9.17) is 5.11 Å². The summed E-state index contributed by atoms with van der Waals surface area (Å²) in [6, 6.07) is 8.48. The molecule has 1 aromatic rings. The molecule has 3 unspecified atom stereocenters. The lowest BCUT2D eigenvalue weighted by Crippen LogP contribution is -2.51. The van der Waals surface area contributed by atoms with Gasteiger partial charge in [0, 0.05) is 24.9 Å². The molecule has 4 rings (SSSR count). The van der Waals surface area contributed by atoms with Crippen LogP contribution in [0.2, 0.25) is 0 Å². The van der Waals surface area contributed by atoms with E-state index in [0.717, 1.165) is 12.8 Å². The first-order chi connectivity index (χ1) is 10.1. The molecule has 1 N–H and O–H groups in total. The summed E-state index contributed by atoms with van der Waals surface area (Å²) in [5, 5.41) is 8.77. The molecule has 0 spiro atoms. The van der Waals surface area contributed by atoms with Crippen LogP contribution in [0.1, 0.15) is 29.9 Å². The Bertz CT molecular complexity index is 606. The minimum Gasteiger partial charge on any atom is -0.481 e. The Balaban J connectivity index is 1.42. The second kappa shape index (κ2) is 4.58. The van der Waals surface area contributed by atoms with Crippen molar-refractivity contribution >= 4 is 11.9 Å². The Morgan fingerprint density at radius 1 is 1.24 bits per heavy atom. The van der Waals surface area contributed by atoms with Gasteiger partial charge >= 0.3 is 5.97 Å². The van der Waals surface area contributed by atoms with Crippen molar-refractivity contribution in [3.05, 3.63) is 35.4 Å². The van der Waals surface area contributed by atoms with Crippen molar-refractivity contribution in [2.45, 2.75) is 25.2 Å². The number of fused-ring (bicyclic) bond motifs is 3. The van der Waals surface area contributed by atoms with Crippen molar-refractivity contribution in [2.24, 2.45) is 17.8 Å². The highest BCUT2D eigenvalue weighted by Gasteiger charge is 2.58. The molecule has 1 aromatic carbocycles. The van der Waals surface area contributed by atoms with Gasteiger partial charge in [0.15, 0.2) is 0 Å². The molecule has 2 fully saturated rings. The predicted molar refractivity (Wildman–Crippen MR) is 76.8 cm³/mol. The Labute approximate surface area is 123 Å². The number of nitrogens with zero attached hydrogens (tertiary/aromatic N) is 1. The molecule has 1 saturated heterocycles. The first-order valence-electron chi connectivity index (χ1n) is 7.73. The molecule has 1 amide bonds. The zero-order valence-corrected chi connectivity index (χ0v) is 11.9. The van der Waals surface area contributed by atoms with Crippen LogP contribution in [0.25, 0.3) is 0 Å². The van der Waals surface area contributed by atoms with E-state index in [1.54, 1.807) is 0 Å². The van der Waals surface area contributed by atoms with Gasteiger partial charge in [0.2, 0.25) is 5.91 Å². The molecule has 4 heteroatoms. The van der Waals surface area contributed by atoms with E-state index in [-0.39, 0.29) is 24.2 Å². The van der Waals surface area contributed by atoms with Crippen LogP contribution in [0.3, 0.4) is 0 Å². The summed E-state index contributed by atoms with van der Waals surface area (Å²) < 4.78 is 0. The van der Waals surface area contributed by atoms with E-state index in [9.17, 15) is 9.59 Å². The third-order valence-corrected chi connectivity index (χ3v) is 5.35. The molecule has 0 aromatic heterocycles. The van der Waals surface area contributed by atoms with Gasteiger partial charge in [-0.1, -0.05) is 24.3 Å². The molecule has 1 heterocycles. The van der Waals surface area contributed by atoms with Crippen LogP contribution in [0.5, 0.6) is 0 Å². The Morgan fingerprint density at radius 2 is 2.00 bits per heavy atom. The topological polar surface area (TPSA) is 57.6 Å². The van der Waals surface area contributed by atoms with Gasteiger partial charge in [-0.25, -0.2) is 0 Å². The highest BCUT2D eigenvalue weighted by atomic mass is 16.4. The first-order valence-corrected chi connectivity index (χ1v) is 7.73. The van der Waals surface area contributed by atoms with Crippen molar-refractivity contribution in [3.8, 4) is 0 Å². The number of benzene rings is 1. The van der Waals surface area contributed by atoms with Crippen molar-refractivity contribution in [3.63, 3.8) is 0 Å². The van der Waals surface area contributed by atoms with Crippen molar-refractivity contribution < 1.29 is 14.7 Å². The number of carboxylic acids is 1. The summed E-state index contributed by atoms with van der Waals surface area (Å²) in [5.41, 5.74) is 2.77. The molecule has 110 valence electrons. The monoisotopic (exact) mass is 285 g/mol. The third-order valence-electron chi connectivity index (χ3n) is 5.35. The number of amides is 1. The van der Waals surface area contributed by atoms with Crippen LogP contribution in [0, 0.1) is 17.8 Å². The summed E-state index contributed by atoms with van der Waals surface area (Å²) in [7, 11) is 0. The highest BCUT2D eigenvalue weighted by molar-refractivity contribution is 5.85. The van der Waals surface area contributed by atoms with Crippen molar-refractivity contribution in [1.29, 1.82) is 0 Å². The van der Waals surface area contributed by atoms with Gasteiger partial charge in [0.1, 0.15) is 0 Å². The number of aliphatic carboxylic acids is 1. The van der Waals surface area contributed by atoms with Crippen LogP contribution >= 0.6 is 0 Å². The lowest BCUT2D eigenvalue weighted by molar-refractivity contribution is -0.146. The van der Waals surface area contributed by atoms with Gasteiger partial charge in [-0.3, -0.25) is 9.59 Å². The SMILES string of the molecule is O=C(O)CC1CN(C(=O)C2C3CCc4ccccc4C32)C1. The average Bonchev–Trinajstić information content (AvgIpc) is 3.16. The van der Waals surface area contributed by atoms with E-state index in [1.807, 2.05) is 4.90 Å². The van der Waals surface area contributed by atoms with Gasteiger partial charge in [-0.15, -0.1) is 0 Å². The van der Waals surface area contributed by atoms with E-state index in [0.29, 0.717) is 24.9 Å². The van der Waals surface area contributed by atoms with Crippen molar-refractivity contribution in [1.82, 2.24) is 4.90 Å². The van der Waals surface area contributed by atoms with E-state index >= 15 is 0 Å². The van der Waals surface area contributed by atoms with Gasteiger partial charge < -0.3 is 10.0 Å². The molecule has 1 aliphatic heterocycles. The van der Waals surface area contributed by atoms with Crippen LogP contribution in [-0.2, 0) is 16.0 Å². The number of carbonyl (C=O) groups is 2.